The molecule has 0 heterocycles. The number of aliphatic hydroxyl groups is 1. The average Bonchev–Trinajstić information content (AvgIpc) is 2.91. The third-order valence-corrected chi connectivity index (χ3v) is 9.61. The van der Waals surface area contributed by atoms with Crippen molar-refractivity contribution < 1.29 is 9.90 Å². The molecule has 4 aliphatic carbocycles. The summed E-state index contributed by atoms with van der Waals surface area (Å²) in [5.41, 5.74) is -0.128. The monoisotopic (exact) mass is 346 g/mol. The zero-order valence-corrected chi connectivity index (χ0v) is 16.8. The molecule has 4 rings (SSSR count). The molecule has 0 radical (unpaired) electrons. The van der Waals surface area contributed by atoms with Crippen molar-refractivity contribution in [2.24, 2.45) is 46.8 Å². The van der Waals surface area contributed by atoms with E-state index in [9.17, 15) is 9.90 Å². The normalized spacial score (nSPS) is 52.4. The van der Waals surface area contributed by atoms with Gasteiger partial charge in [-0.15, -0.1) is 0 Å². The Kier molecular flexibility index (Phi) is 4.38. The van der Waals surface area contributed by atoms with Gasteiger partial charge in [0.05, 0.1) is 5.60 Å². The van der Waals surface area contributed by atoms with Crippen molar-refractivity contribution >= 4 is 5.78 Å². The third kappa shape index (κ3) is 2.65. The van der Waals surface area contributed by atoms with Crippen molar-refractivity contribution in [2.75, 3.05) is 0 Å². The summed E-state index contributed by atoms with van der Waals surface area (Å²) >= 11 is 0. The van der Waals surface area contributed by atoms with Crippen LogP contribution in [0.5, 0.6) is 0 Å². The molecular weight excluding hydrogens is 308 g/mol. The summed E-state index contributed by atoms with van der Waals surface area (Å²) in [7, 11) is 0. The first-order valence-electron chi connectivity index (χ1n) is 11.0. The average molecular weight is 347 g/mol. The summed E-state index contributed by atoms with van der Waals surface area (Å²) in [6.45, 7) is 8.66. The van der Waals surface area contributed by atoms with Gasteiger partial charge in [0.25, 0.3) is 0 Å². The Morgan fingerprint density at radius 3 is 2.36 bits per heavy atom. The molecular formula is C23H38O2. The standard InChI is InChI=1S/C23H38O2/c1-14(2)23(25)12-10-17-16(13-23)5-6-19-18(17)9-11-22(4)20(15(3)24)7-8-21(19)22/h14,16-21,25H,5-13H2,1-4H3/t16-,17+,18-,19-,20?,21+,22-,23-/m1/s1. The van der Waals surface area contributed by atoms with Crippen molar-refractivity contribution in [3.8, 4) is 0 Å². The van der Waals surface area contributed by atoms with Crippen LogP contribution < -0.4 is 0 Å². The summed E-state index contributed by atoms with van der Waals surface area (Å²) in [4.78, 5) is 12.2. The second kappa shape index (κ2) is 6.08. The van der Waals surface area contributed by atoms with Crippen molar-refractivity contribution in [1.82, 2.24) is 0 Å². The Labute approximate surface area is 154 Å². The van der Waals surface area contributed by atoms with Crippen molar-refractivity contribution in [3.05, 3.63) is 0 Å². The lowest BCUT2D eigenvalue weighted by atomic mass is 9.48. The van der Waals surface area contributed by atoms with E-state index in [1.54, 1.807) is 0 Å². The largest absolute Gasteiger partial charge is 0.390 e. The first-order chi connectivity index (χ1) is 11.8. The van der Waals surface area contributed by atoms with Gasteiger partial charge in [0.1, 0.15) is 5.78 Å². The minimum Gasteiger partial charge on any atom is -0.390 e. The van der Waals surface area contributed by atoms with E-state index in [2.05, 4.69) is 20.8 Å². The fourth-order valence-corrected chi connectivity index (χ4v) is 8.10. The van der Waals surface area contributed by atoms with Gasteiger partial charge in [0.15, 0.2) is 0 Å². The highest BCUT2D eigenvalue weighted by molar-refractivity contribution is 5.79. The quantitative estimate of drug-likeness (QED) is 0.743. The number of carbonyl (C=O) groups excluding carboxylic acids is 1. The number of Topliss-reactive ketones (excluding diaryl/α,β-unsaturated/α-hetero) is 1. The Morgan fingerprint density at radius 2 is 1.68 bits per heavy atom. The molecule has 0 aromatic carbocycles. The van der Waals surface area contributed by atoms with E-state index in [-0.39, 0.29) is 5.41 Å². The van der Waals surface area contributed by atoms with Crippen LogP contribution in [-0.2, 0) is 4.79 Å². The molecule has 0 aromatic rings. The van der Waals surface area contributed by atoms with Gasteiger partial charge < -0.3 is 5.11 Å². The number of rotatable bonds is 2. The third-order valence-electron chi connectivity index (χ3n) is 9.61. The molecule has 2 heteroatoms. The highest BCUT2D eigenvalue weighted by Gasteiger charge is 2.58. The maximum atomic E-state index is 12.2. The lowest BCUT2D eigenvalue weighted by Crippen LogP contribution is -2.52. The molecule has 0 aromatic heterocycles. The maximum Gasteiger partial charge on any atom is 0.133 e. The number of hydrogen-bond donors (Lipinski definition) is 1. The Morgan fingerprint density at radius 1 is 0.960 bits per heavy atom. The molecule has 4 saturated carbocycles. The van der Waals surface area contributed by atoms with Crippen LogP contribution in [-0.4, -0.2) is 16.5 Å². The van der Waals surface area contributed by atoms with E-state index >= 15 is 0 Å². The molecule has 0 spiro atoms. The molecule has 4 fully saturated rings. The van der Waals surface area contributed by atoms with Gasteiger partial charge in [-0.05, 0) is 106 Å². The van der Waals surface area contributed by atoms with Crippen LogP contribution in [0.1, 0.15) is 85.5 Å². The van der Waals surface area contributed by atoms with Gasteiger partial charge in [-0.25, -0.2) is 0 Å². The predicted molar refractivity (Wildman–Crippen MR) is 101 cm³/mol. The Hall–Kier alpha value is -0.370. The molecule has 0 bridgehead atoms. The van der Waals surface area contributed by atoms with Crippen LogP contribution in [0.3, 0.4) is 0 Å². The van der Waals surface area contributed by atoms with Gasteiger partial charge >= 0.3 is 0 Å². The van der Waals surface area contributed by atoms with Crippen LogP contribution in [0, 0.1) is 46.8 Å². The zero-order chi connectivity index (χ0) is 18.0. The van der Waals surface area contributed by atoms with Gasteiger partial charge in [0.2, 0.25) is 0 Å². The highest BCUT2D eigenvalue weighted by atomic mass is 16.3. The summed E-state index contributed by atoms with van der Waals surface area (Å²) in [5, 5.41) is 11.0. The molecule has 0 saturated heterocycles. The van der Waals surface area contributed by atoms with Crippen molar-refractivity contribution in [1.29, 1.82) is 0 Å². The van der Waals surface area contributed by atoms with Gasteiger partial charge in [-0.3, -0.25) is 4.79 Å². The second-order valence-electron chi connectivity index (χ2n) is 10.7. The molecule has 4 aliphatic rings. The minimum absolute atomic E-state index is 0.285. The van der Waals surface area contributed by atoms with Crippen LogP contribution in [0.15, 0.2) is 0 Å². The van der Waals surface area contributed by atoms with E-state index in [0.717, 1.165) is 48.9 Å². The van der Waals surface area contributed by atoms with E-state index in [1.807, 2.05) is 6.92 Å². The Bertz CT molecular complexity index is 540. The molecule has 8 atom stereocenters. The molecule has 1 N–H and O–H groups in total. The van der Waals surface area contributed by atoms with E-state index in [0.29, 0.717) is 17.6 Å². The van der Waals surface area contributed by atoms with Crippen molar-refractivity contribution in [2.45, 2.75) is 91.1 Å². The van der Waals surface area contributed by atoms with Crippen LogP contribution >= 0.6 is 0 Å². The van der Waals surface area contributed by atoms with Gasteiger partial charge in [0, 0.05) is 5.92 Å². The first kappa shape index (κ1) is 18.0. The number of ketones is 1. The maximum absolute atomic E-state index is 12.2. The number of carbonyl (C=O) groups is 1. The minimum atomic E-state index is -0.412. The van der Waals surface area contributed by atoms with E-state index in [1.165, 1.54) is 38.5 Å². The van der Waals surface area contributed by atoms with Crippen LogP contribution in [0.25, 0.3) is 0 Å². The smallest absolute Gasteiger partial charge is 0.133 e. The summed E-state index contributed by atoms with van der Waals surface area (Å²) in [6, 6.07) is 0. The van der Waals surface area contributed by atoms with Crippen LogP contribution in [0.2, 0.25) is 0 Å². The van der Waals surface area contributed by atoms with Gasteiger partial charge in [-0.1, -0.05) is 20.8 Å². The highest BCUT2D eigenvalue weighted by Crippen LogP contribution is 2.64. The fourth-order valence-electron chi connectivity index (χ4n) is 8.10. The summed E-state index contributed by atoms with van der Waals surface area (Å²) < 4.78 is 0. The van der Waals surface area contributed by atoms with E-state index < -0.39 is 5.60 Å². The number of fused-ring (bicyclic) bond motifs is 5. The lowest BCUT2D eigenvalue weighted by molar-refractivity contribution is -0.133. The lowest BCUT2D eigenvalue weighted by Gasteiger charge is -2.57. The predicted octanol–water partition coefficient (Wildman–Crippen LogP) is 5.23. The molecule has 142 valence electrons. The fraction of sp³-hybridized carbons (Fsp3) is 0.957. The SMILES string of the molecule is CC(=O)C1CC[C@H]2[C@@H]3CC[C@@H]4C[C@@](O)(C(C)C)CC[C@@H]4[C@H]3CC[C@]12C. The first-order valence-corrected chi connectivity index (χ1v) is 11.0. The second-order valence-corrected chi connectivity index (χ2v) is 10.7. The molecule has 2 nitrogen and oxygen atoms in total. The number of hydrogen-bond acceptors (Lipinski definition) is 2. The topological polar surface area (TPSA) is 37.3 Å². The van der Waals surface area contributed by atoms with E-state index in [4.69, 9.17) is 0 Å². The molecule has 0 amide bonds. The van der Waals surface area contributed by atoms with Gasteiger partial charge in [-0.2, -0.15) is 0 Å². The Balaban J connectivity index is 1.53. The van der Waals surface area contributed by atoms with Crippen molar-refractivity contribution in [3.63, 3.8) is 0 Å². The molecule has 1 unspecified atom stereocenters. The summed E-state index contributed by atoms with van der Waals surface area (Å²) in [6.07, 6.45) is 11.0. The summed E-state index contributed by atoms with van der Waals surface area (Å²) in [5.74, 6) is 5.26. The molecule has 0 aliphatic heterocycles. The van der Waals surface area contributed by atoms with Crippen LogP contribution in [0.4, 0.5) is 0 Å². The molecule has 25 heavy (non-hydrogen) atoms. The zero-order valence-electron chi connectivity index (χ0n) is 16.8.